The lowest BCUT2D eigenvalue weighted by molar-refractivity contribution is 0.114. The van der Waals surface area contributed by atoms with Gasteiger partial charge in [0, 0.05) is 79.9 Å². The highest BCUT2D eigenvalue weighted by atomic mass is 32.1. The van der Waals surface area contributed by atoms with Crippen molar-refractivity contribution in [2.45, 2.75) is 32.0 Å². The average Bonchev–Trinajstić information content (AvgIpc) is 3.42. The third-order valence-electron chi connectivity index (χ3n) is 7.31. The molecule has 0 aliphatic carbocycles. The number of hydrogen-bond donors (Lipinski definition) is 0. The maximum absolute atomic E-state index is 13.3. The van der Waals surface area contributed by atoms with E-state index in [9.17, 15) is 4.79 Å². The standard InChI is InChI=1S/C22H28N4O2S/c27-22-16(8-25-10-18-13-28-14-19(18)11-25)1-2-20-17-5-15(7-26(20)22)6-24(9-17)12-21-23-3-4-29-21/h1-4,15,17-19H,5-14H2/t15-,17+,18-,19+/m0/s1. The summed E-state index contributed by atoms with van der Waals surface area (Å²) in [7, 11) is 0. The normalized spacial score (nSPS) is 31.7. The minimum atomic E-state index is 0.249. The van der Waals surface area contributed by atoms with Crippen LogP contribution in [0.5, 0.6) is 0 Å². The van der Waals surface area contributed by atoms with Crippen molar-refractivity contribution in [2.24, 2.45) is 17.8 Å². The van der Waals surface area contributed by atoms with E-state index in [1.807, 2.05) is 6.20 Å². The second-order valence-corrected chi connectivity index (χ2v) is 10.3. The molecule has 6 rings (SSSR count). The Morgan fingerprint density at radius 2 is 1.86 bits per heavy atom. The lowest BCUT2D eigenvalue weighted by Gasteiger charge is -2.42. The van der Waals surface area contributed by atoms with Crippen LogP contribution in [0.25, 0.3) is 0 Å². The molecule has 3 fully saturated rings. The number of hydrogen-bond acceptors (Lipinski definition) is 6. The molecule has 3 saturated heterocycles. The van der Waals surface area contributed by atoms with Crippen LogP contribution in [-0.4, -0.2) is 58.7 Å². The van der Waals surface area contributed by atoms with Crippen molar-refractivity contribution < 1.29 is 4.74 Å². The Bertz CT molecular complexity index is 931. The van der Waals surface area contributed by atoms with Gasteiger partial charge in [0.05, 0.1) is 19.8 Å². The Labute approximate surface area is 175 Å². The molecule has 7 heteroatoms. The van der Waals surface area contributed by atoms with E-state index >= 15 is 0 Å². The molecule has 6 heterocycles. The fourth-order valence-corrected chi connectivity index (χ4v) is 6.67. The minimum absolute atomic E-state index is 0.249. The number of thiazole rings is 1. The predicted octanol–water partition coefficient (Wildman–Crippen LogP) is 2.00. The van der Waals surface area contributed by atoms with Gasteiger partial charge in [0.15, 0.2) is 0 Å². The van der Waals surface area contributed by atoms with Crippen molar-refractivity contribution in [1.82, 2.24) is 19.4 Å². The van der Waals surface area contributed by atoms with Gasteiger partial charge >= 0.3 is 0 Å². The van der Waals surface area contributed by atoms with Crippen LogP contribution in [0.2, 0.25) is 0 Å². The zero-order valence-corrected chi connectivity index (χ0v) is 17.5. The van der Waals surface area contributed by atoms with Gasteiger partial charge in [-0.1, -0.05) is 6.07 Å². The van der Waals surface area contributed by atoms with E-state index in [1.54, 1.807) is 11.3 Å². The molecule has 0 N–H and O–H groups in total. The summed E-state index contributed by atoms with van der Waals surface area (Å²) < 4.78 is 7.70. The van der Waals surface area contributed by atoms with Gasteiger partial charge in [-0.3, -0.25) is 14.6 Å². The van der Waals surface area contributed by atoms with Crippen molar-refractivity contribution >= 4 is 11.3 Å². The Kier molecular flexibility index (Phi) is 4.60. The van der Waals surface area contributed by atoms with E-state index in [4.69, 9.17) is 4.74 Å². The van der Waals surface area contributed by atoms with Gasteiger partial charge < -0.3 is 9.30 Å². The first kappa shape index (κ1) is 18.2. The number of fused-ring (bicyclic) bond motifs is 5. The number of rotatable bonds is 4. The molecule has 0 aromatic carbocycles. The van der Waals surface area contributed by atoms with Crippen LogP contribution < -0.4 is 5.56 Å². The summed E-state index contributed by atoms with van der Waals surface area (Å²) in [4.78, 5) is 22.8. The van der Waals surface area contributed by atoms with Crippen LogP contribution in [0, 0.1) is 17.8 Å². The summed E-state index contributed by atoms with van der Waals surface area (Å²) in [6, 6.07) is 4.35. The number of pyridine rings is 1. The Morgan fingerprint density at radius 1 is 1.03 bits per heavy atom. The third kappa shape index (κ3) is 3.38. The second-order valence-electron chi connectivity index (χ2n) is 9.37. The molecule has 0 amide bonds. The zero-order valence-electron chi connectivity index (χ0n) is 16.7. The summed E-state index contributed by atoms with van der Waals surface area (Å²) in [6.07, 6.45) is 3.10. The monoisotopic (exact) mass is 412 g/mol. The Morgan fingerprint density at radius 3 is 2.66 bits per heavy atom. The van der Waals surface area contributed by atoms with E-state index in [2.05, 4.69) is 36.9 Å². The number of piperidine rings is 1. The molecule has 0 saturated carbocycles. The third-order valence-corrected chi connectivity index (χ3v) is 8.08. The van der Waals surface area contributed by atoms with Crippen LogP contribution in [0.15, 0.2) is 28.5 Å². The Hall–Kier alpha value is -1.54. The van der Waals surface area contributed by atoms with Crippen molar-refractivity contribution in [3.63, 3.8) is 0 Å². The van der Waals surface area contributed by atoms with Crippen molar-refractivity contribution in [3.05, 3.63) is 50.3 Å². The molecule has 0 radical (unpaired) electrons. The highest BCUT2D eigenvalue weighted by molar-refractivity contribution is 7.09. The van der Waals surface area contributed by atoms with Crippen LogP contribution in [0.3, 0.4) is 0 Å². The Balaban J connectivity index is 1.20. The van der Waals surface area contributed by atoms with Gasteiger partial charge in [0.1, 0.15) is 5.01 Å². The maximum Gasteiger partial charge on any atom is 0.255 e. The average molecular weight is 413 g/mol. The number of likely N-dealkylation sites (tertiary alicyclic amines) is 2. The van der Waals surface area contributed by atoms with Gasteiger partial charge in [0.2, 0.25) is 0 Å². The van der Waals surface area contributed by atoms with Crippen LogP contribution in [0.1, 0.15) is 28.6 Å². The van der Waals surface area contributed by atoms with Gasteiger partial charge in [-0.25, -0.2) is 4.98 Å². The van der Waals surface area contributed by atoms with Gasteiger partial charge in [-0.05, 0) is 18.4 Å². The first-order valence-corrected chi connectivity index (χ1v) is 11.7. The van der Waals surface area contributed by atoms with Gasteiger partial charge in [0.25, 0.3) is 5.56 Å². The summed E-state index contributed by atoms with van der Waals surface area (Å²) in [6.45, 7) is 8.63. The summed E-state index contributed by atoms with van der Waals surface area (Å²) in [5, 5.41) is 3.25. The van der Waals surface area contributed by atoms with Crippen LogP contribution >= 0.6 is 11.3 Å². The highest BCUT2D eigenvalue weighted by Crippen LogP contribution is 2.36. The topological polar surface area (TPSA) is 50.6 Å². The summed E-state index contributed by atoms with van der Waals surface area (Å²) in [5.74, 6) is 2.36. The lowest BCUT2D eigenvalue weighted by atomic mass is 9.83. The van der Waals surface area contributed by atoms with Crippen molar-refractivity contribution in [2.75, 3.05) is 39.4 Å². The van der Waals surface area contributed by atoms with E-state index in [1.165, 1.54) is 17.1 Å². The molecule has 4 aliphatic rings. The summed E-state index contributed by atoms with van der Waals surface area (Å²) >= 11 is 1.74. The number of nitrogens with zero attached hydrogens (tertiary/aromatic N) is 4. The summed E-state index contributed by atoms with van der Waals surface area (Å²) in [5.41, 5.74) is 2.46. The first-order valence-electron chi connectivity index (χ1n) is 10.9. The molecule has 2 aromatic heterocycles. The molecular weight excluding hydrogens is 384 g/mol. The van der Waals surface area contributed by atoms with Gasteiger partial charge in [-0.2, -0.15) is 0 Å². The van der Waals surface area contributed by atoms with Crippen molar-refractivity contribution in [3.8, 4) is 0 Å². The maximum atomic E-state index is 13.3. The molecule has 4 aliphatic heterocycles. The lowest BCUT2D eigenvalue weighted by Crippen LogP contribution is -2.47. The van der Waals surface area contributed by atoms with Crippen LogP contribution in [-0.2, 0) is 24.4 Å². The van der Waals surface area contributed by atoms with E-state index in [-0.39, 0.29) is 5.56 Å². The molecule has 6 nitrogen and oxygen atoms in total. The highest BCUT2D eigenvalue weighted by Gasteiger charge is 2.38. The molecule has 4 atom stereocenters. The quantitative estimate of drug-likeness (QED) is 0.769. The van der Waals surface area contributed by atoms with Gasteiger partial charge in [-0.15, -0.1) is 11.3 Å². The molecule has 154 valence electrons. The fraction of sp³-hybridized carbons (Fsp3) is 0.636. The second kappa shape index (κ2) is 7.30. The predicted molar refractivity (Wildman–Crippen MR) is 112 cm³/mol. The number of aromatic nitrogens is 2. The molecule has 0 unspecified atom stereocenters. The molecule has 0 spiro atoms. The van der Waals surface area contributed by atoms with E-state index in [0.29, 0.717) is 23.7 Å². The molecular formula is C22H28N4O2S. The smallest absolute Gasteiger partial charge is 0.255 e. The van der Waals surface area contributed by atoms with Crippen molar-refractivity contribution in [1.29, 1.82) is 0 Å². The van der Waals surface area contributed by atoms with E-state index < -0.39 is 0 Å². The molecule has 29 heavy (non-hydrogen) atoms. The molecule has 2 bridgehead atoms. The minimum Gasteiger partial charge on any atom is -0.381 e. The largest absolute Gasteiger partial charge is 0.381 e. The van der Waals surface area contributed by atoms with Crippen LogP contribution in [0.4, 0.5) is 0 Å². The zero-order chi connectivity index (χ0) is 19.4. The number of ether oxygens (including phenoxy) is 1. The fourth-order valence-electron chi connectivity index (χ4n) is 6.02. The van der Waals surface area contributed by atoms with E-state index in [0.717, 1.165) is 64.6 Å². The molecule has 2 aromatic rings. The first-order chi connectivity index (χ1) is 14.2. The SMILES string of the molecule is O=c1c(CN2C[C@H]3COC[C@H]3C2)ccc2n1C[C@H]1C[C@@H]2CN(Cc2nccs2)C1.